The maximum Gasteiger partial charge on any atom is 0.193 e. The van der Waals surface area contributed by atoms with Gasteiger partial charge in [-0.2, -0.15) is 0 Å². The fourth-order valence-corrected chi connectivity index (χ4v) is 1.82. The van der Waals surface area contributed by atoms with Gasteiger partial charge < -0.3 is 20.5 Å². The van der Waals surface area contributed by atoms with Crippen LogP contribution in [0.25, 0.3) is 0 Å². The first-order valence-corrected chi connectivity index (χ1v) is 6.31. The molecule has 1 aliphatic carbocycles. The summed E-state index contributed by atoms with van der Waals surface area (Å²) >= 11 is 0. The Morgan fingerprint density at radius 3 is 2.78 bits per heavy atom. The fourth-order valence-electron chi connectivity index (χ4n) is 1.82. The van der Waals surface area contributed by atoms with Gasteiger partial charge in [0, 0.05) is 18.2 Å². The minimum atomic E-state index is 0.415. The average Bonchev–Trinajstić information content (AvgIpc) is 3.15. The monoisotopic (exact) mass is 247 g/mol. The number of anilines is 1. The molecule has 3 rings (SSSR count). The molecule has 1 heterocycles. The van der Waals surface area contributed by atoms with E-state index in [0.717, 1.165) is 36.4 Å². The minimum absolute atomic E-state index is 0.415. The smallest absolute Gasteiger partial charge is 0.193 e. The molecule has 1 aromatic carbocycles. The Morgan fingerprint density at radius 1 is 1.22 bits per heavy atom. The molecule has 5 nitrogen and oxygen atoms in total. The Kier molecular flexibility index (Phi) is 2.96. The lowest BCUT2D eigenvalue weighted by molar-refractivity contribution is 0.297. The fraction of sp³-hybridized carbons (Fsp3) is 0.462. The molecule has 0 saturated heterocycles. The molecule has 0 atom stereocenters. The van der Waals surface area contributed by atoms with E-state index in [4.69, 9.17) is 15.2 Å². The zero-order valence-corrected chi connectivity index (χ0v) is 10.2. The van der Waals surface area contributed by atoms with Gasteiger partial charge in [-0.1, -0.05) is 0 Å². The lowest BCUT2D eigenvalue weighted by atomic mass is 10.3. The third-order valence-corrected chi connectivity index (χ3v) is 2.89. The number of nitrogens with zero attached hydrogens (tertiary/aromatic N) is 1. The lowest BCUT2D eigenvalue weighted by Gasteiger charge is -2.10. The Balaban J connectivity index is 1.74. The summed E-state index contributed by atoms with van der Waals surface area (Å²) in [6.07, 6.45) is 3.19. The molecule has 0 unspecified atom stereocenters. The molecule has 96 valence electrons. The predicted molar refractivity (Wildman–Crippen MR) is 70.3 cm³/mol. The van der Waals surface area contributed by atoms with Gasteiger partial charge in [-0.05, 0) is 25.0 Å². The van der Waals surface area contributed by atoms with Crippen molar-refractivity contribution in [2.45, 2.75) is 25.3 Å². The molecule has 1 fully saturated rings. The van der Waals surface area contributed by atoms with Crippen molar-refractivity contribution < 1.29 is 9.47 Å². The van der Waals surface area contributed by atoms with Gasteiger partial charge in [-0.25, -0.2) is 4.99 Å². The second kappa shape index (κ2) is 4.76. The summed E-state index contributed by atoms with van der Waals surface area (Å²) in [5, 5.41) is 3.08. The summed E-state index contributed by atoms with van der Waals surface area (Å²) in [6.45, 7) is 1.38. The number of benzene rings is 1. The Labute approximate surface area is 106 Å². The Morgan fingerprint density at radius 2 is 2.00 bits per heavy atom. The average molecular weight is 247 g/mol. The zero-order valence-electron chi connectivity index (χ0n) is 10.2. The van der Waals surface area contributed by atoms with Gasteiger partial charge in [0.15, 0.2) is 17.5 Å². The van der Waals surface area contributed by atoms with Crippen molar-refractivity contribution in [1.29, 1.82) is 0 Å². The molecule has 0 amide bonds. The number of rotatable bonds is 2. The van der Waals surface area contributed by atoms with Crippen LogP contribution in [0.15, 0.2) is 23.2 Å². The van der Waals surface area contributed by atoms with Crippen molar-refractivity contribution in [2.24, 2.45) is 10.7 Å². The second-order valence-corrected chi connectivity index (χ2v) is 4.58. The maximum absolute atomic E-state index is 5.82. The number of nitrogens with two attached hydrogens (primary N) is 1. The van der Waals surface area contributed by atoms with E-state index < -0.39 is 0 Å². The third kappa shape index (κ3) is 2.67. The number of fused-ring (bicyclic) bond motifs is 1. The zero-order chi connectivity index (χ0) is 12.4. The largest absolute Gasteiger partial charge is 0.490 e. The standard InChI is InChI=1S/C13H17N3O2/c14-13(15-9-2-3-9)16-10-4-5-11-12(8-10)18-7-1-6-17-11/h4-5,8-9H,1-3,6-7H2,(H3,14,15,16). The quantitative estimate of drug-likeness (QED) is 0.617. The summed E-state index contributed by atoms with van der Waals surface area (Å²) in [5.74, 6) is 2.01. The molecule has 1 aliphatic heterocycles. The minimum Gasteiger partial charge on any atom is -0.490 e. The van der Waals surface area contributed by atoms with Crippen LogP contribution in [-0.2, 0) is 0 Å². The molecule has 18 heavy (non-hydrogen) atoms. The number of ether oxygens (including phenoxy) is 2. The first-order chi connectivity index (χ1) is 8.81. The topological polar surface area (TPSA) is 68.9 Å². The molecule has 2 aliphatic rings. The SMILES string of the molecule is NC(=NC1CC1)Nc1ccc2c(c1)OCCCO2. The van der Waals surface area contributed by atoms with Gasteiger partial charge in [-0.3, -0.25) is 0 Å². The highest BCUT2D eigenvalue weighted by Gasteiger charge is 2.20. The van der Waals surface area contributed by atoms with E-state index in [1.165, 1.54) is 0 Å². The first-order valence-electron chi connectivity index (χ1n) is 6.31. The van der Waals surface area contributed by atoms with Crippen molar-refractivity contribution >= 4 is 11.6 Å². The van der Waals surface area contributed by atoms with Crippen LogP contribution in [-0.4, -0.2) is 25.2 Å². The van der Waals surface area contributed by atoms with Gasteiger partial charge in [0.05, 0.1) is 19.3 Å². The summed E-state index contributed by atoms with van der Waals surface area (Å²) in [5.41, 5.74) is 6.70. The van der Waals surface area contributed by atoms with Crippen LogP contribution in [0.4, 0.5) is 5.69 Å². The molecule has 1 aromatic rings. The van der Waals surface area contributed by atoms with Crippen molar-refractivity contribution in [3.63, 3.8) is 0 Å². The lowest BCUT2D eigenvalue weighted by Crippen LogP contribution is -2.23. The predicted octanol–water partition coefficient (Wildman–Crippen LogP) is 1.74. The molecule has 0 radical (unpaired) electrons. The van der Waals surface area contributed by atoms with Gasteiger partial charge in [0.2, 0.25) is 0 Å². The van der Waals surface area contributed by atoms with Crippen LogP contribution in [0.2, 0.25) is 0 Å². The molecule has 5 heteroatoms. The molecular weight excluding hydrogens is 230 g/mol. The Bertz CT molecular complexity index is 469. The van der Waals surface area contributed by atoms with E-state index in [2.05, 4.69) is 10.3 Å². The number of hydrogen-bond donors (Lipinski definition) is 2. The van der Waals surface area contributed by atoms with Gasteiger partial charge >= 0.3 is 0 Å². The number of aliphatic imine (C=N–C) groups is 1. The van der Waals surface area contributed by atoms with Gasteiger partial charge in [0.1, 0.15) is 0 Å². The van der Waals surface area contributed by atoms with E-state index in [1.54, 1.807) is 0 Å². The van der Waals surface area contributed by atoms with Crippen molar-refractivity contribution in [2.75, 3.05) is 18.5 Å². The van der Waals surface area contributed by atoms with Crippen LogP contribution in [0.1, 0.15) is 19.3 Å². The second-order valence-electron chi connectivity index (χ2n) is 4.58. The van der Waals surface area contributed by atoms with Crippen LogP contribution < -0.4 is 20.5 Å². The van der Waals surface area contributed by atoms with Crippen LogP contribution in [0, 0.1) is 0 Å². The molecule has 0 spiro atoms. The van der Waals surface area contributed by atoms with Crippen LogP contribution in [0.3, 0.4) is 0 Å². The highest BCUT2D eigenvalue weighted by Crippen LogP contribution is 2.32. The van der Waals surface area contributed by atoms with E-state index in [0.29, 0.717) is 25.2 Å². The molecule has 3 N–H and O–H groups in total. The van der Waals surface area contributed by atoms with Gasteiger partial charge in [0.25, 0.3) is 0 Å². The van der Waals surface area contributed by atoms with E-state index in [9.17, 15) is 0 Å². The maximum atomic E-state index is 5.82. The summed E-state index contributed by atoms with van der Waals surface area (Å²) in [4.78, 5) is 4.33. The van der Waals surface area contributed by atoms with Crippen molar-refractivity contribution in [1.82, 2.24) is 0 Å². The molecule has 0 aromatic heterocycles. The van der Waals surface area contributed by atoms with Crippen LogP contribution in [0.5, 0.6) is 11.5 Å². The molecule has 0 bridgehead atoms. The highest BCUT2D eigenvalue weighted by molar-refractivity contribution is 5.92. The summed E-state index contributed by atoms with van der Waals surface area (Å²) in [7, 11) is 0. The van der Waals surface area contributed by atoms with Crippen molar-refractivity contribution in [3.8, 4) is 11.5 Å². The highest BCUT2D eigenvalue weighted by atomic mass is 16.5. The number of nitrogens with one attached hydrogen (secondary N) is 1. The van der Waals surface area contributed by atoms with E-state index >= 15 is 0 Å². The van der Waals surface area contributed by atoms with Crippen LogP contribution >= 0.6 is 0 Å². The normalized spacial score (nSPS) is 19.2. The van der Waals surface area contributed by atoms with E-state index in [1.807, 2.05) is 18.2 Å². The third-order valence-electron chi connectivity index (χ3n) is 2.89. The Hall–Kier alpha value is -1.91. The van der Waals surface area contributed by atoms with Crippen molar-refractivity contribution in [3.05, 3.63) is 18.2 Å². The first kappa shape index (κ1) is 11.2. The summed E-state index contributed by atoms with van der Waals surface area (Å²) < 4.78 is 11.2. The number of guanidine groups is 1. The molecular formula is C13H17N3O2. The molecule has 1 saturated carbocycles. The number of hydrogen-bond acceptors (Lipinski definition) is 3. The van der Waals surface area contributed by atoms with E-state index in [-0.39, 0.29) is 0 Å². The van der Waals surface area contributed by atoms with Gasteiger partial charge in [-0.15, -0.1) is 0 Å². The summed E-state index contributed by atoms with van der Waals surface area (Å²) in [6, 6.07) is 6.13.